The Balaban J connectivity index is 2.83. The molecule has 0 fully saturated rings. The minimum atomic E-state index is -3.58. The molecule has 0 radical (unpaired) electrons. The van der Waals surface area contributed by atoms with Gasteiger partial charge < -0.3 is 0 Å². The maximum Gasteiger partial charge on any atom is 0.336 e. The van der Waals surface area contributed by atoms with Gasteiger partial charge >= 0.3 is 10.3 Å². The van der Waals surface area contributed by atoms with Gasteiger partial charge in [-0.1, -0.05) is 11.8 Å². The van der Waals surface area contributed by atoms with Crippen LogP contribution in [0.2, 0.25) is 0 Å². The zero-order valence-electron chi connectivity index (χ0n) is 6.99. The smallest absolute Gasteiger partial charge is 0.257 e. The van der Waals surface area contributed by atoms with E-state index >= 15 is 0 Å². The average molecular weight is 189 g/mol. The summed E-state index contributed by atoms with van der Waals surface area (Å²) in [6.45, 7) is 3.61. The first kappa shape index (κ1) is 9.52. The van der Waals surface area contributed by atoms with E-state index in [1.165, 1.54) is 0 Å². The van der Waals surface area contributed by atoms with Crippen molar-refractivity contribution in [1.82, 2.24) is 4.72 Å². The van der Waals surface area contributed by atoms with Crippen LogP contribution in [0, 0.1) is 17.8 Å². The monoisotopic (exact) mass is 189 g/mol. The summed E-state index contributed by atoms with van der Waals surface area (Å²) in [4.78, 5) is 0. The Labute approximate surface area is 72.6 Å². The van der Waals surface area contributed by atoms with Crippen molar-refractivity contribution in [2.24, 2.45) is 5.92 Å². The first-order chi connectivity index (χ1) is 5.49. The lowest BCUT2D eigenvalue weighted by Gasteiger charge is -2.13. The van der Waals surface area contributed by atoms with E-state index in [0.717, 1.165) is 0 Å². The number of rotatable bonds is 0. The Kier molecular flexibility index (Phi) is 2.73. The van der Waals surface area contributed by atoms with Crippen LogP contribution in [0.3, 0.4) is 0 Å². The standard InChI is InChI=1S/C7H11NO3S/c1-6-3-4-7(2)8-12(9,10)11-5-6/h6-8H,5H2,1-2H3. The second-order valence-electron chi connectivity index (χ2n) is 2.77. The van der Waals surface area contributed by atoms with Crippen LogP contribution in [0.25, 0.3) is 0 Å². The van der Waals surface area contributed by atoms with E-state index in [2.05, 4.69) is 20.7 Å². The number of hydrogen-bond acceptors (Lipinski definition) is 3. The van der Waals surface area contributed by atoms with Gasteiger partial charge in [-0.05, 0) is 13.8 Å². The highest BCUT2D eigenvalue weighted by Gasteiger charge is 2.16. The van der Waals surface area contributed by atoms with Crippen LogP contribution in [-0.4, -0.2) is 21.1 Å². The van der Waals surface area contributed by atoms with Crippen molar-refractivity contribution in [3.8, 4) is 11.8 Å². The van der Waals surface area contributed by atoms with Gasteiger partial charge in [0, 0.05) is 5.92 Å². The molecule has 0 aromatic heterocycles. The lowest BCUT2D eigenvalue weighted by molar-refractivity contribution is 0.283. The maximum atomic E-state index is 11.0. The molecule has 0 spiro atoms. The maximum absolute atomic E-state index is 11.0. The quantitative estimate of drug-likeness (QED) is 0.540. The predicted octanol–water partition coefficient (Wildman–Crippen LogP) is -0.121. The third-order valence-corrected chi connectivity index (χ3v) is 2.43. The molecular formula is C7H11NO3S. The van der Waals surface area contributed by atoms with Gasteiger partial charge in [-0.25, -0.2) is 0 Å². The van der Waals surface area contributed by atoms with E-state index in [1.807, 2.05) is 6.92 Å². The average Bonchev–Trinajstić information content (AvgIpc) is 1.95. The summed E-state index contributed by atoms with van der Waals surface area (Å²) in [5.74, 6) is 5.60. The third kappa shape index (κ3) is 2.81. The summed E-state index contributed by atoms with van der Waals surface area (Å²) in [5, 5.41) is 0. The van der Waals surface area contributed by atoms with E-state index in [4.69, 9.17) is 0 Å². The zero-order valence-corrected chi connectivity index (χ0v) is 7.81. The van der Waals surface area contributed by atoms with Crippen molar-refractivity contribution in [3.05, 3.63) is 0 Å². The molecule has 5 heteroatoms. The van der Waals surface area contributed by atoms with E-state index in [9.17, 15) is 8.42 Å². The summed E-state index contributed by atoms with van der Waals surface area (Å²) in [7, 11) is -3.58. The fraction of sp³-hybridized carbons (Fsp3) is 0.714. The minimum absolute atomic E-state index is 0.0377. The molecule has 0 saturated carbocycles. The third-order valence-electron chi connectivity index (χ3n) is 1.34. The zero-order chi connectivity index (χ0) is 9.19. The van der Waals surface area contributed by atoms with Gasteiger partial charge in [0.2, 0.25) is 0 Å². The molecule has 1 N–H and O–H groups in total. The molecule has 2 unspecified atom stereocenters. The number of hydrogen-bond donors (Lipinski definition) is 1. The normalized spacial score (nSPS) is 34.2. The SMILES string of the molecule is CC1C#CC(C)NS(=O)(=O)OC1. The summed E-state index contributed by atoms with van der Waals surface area (Å²) in [6, 6.07) is -0.377. The molecule has 1 rings (SSSR count). The lowest BCUT2D eigenvalue weighted by Crippen LogP contribution is -2.35. The summed E-state index contributed by atoms with van der Waals surface area (Å²) >= 11 is 0. The van der Waals surface area contributed by atoms with Gasteiger partial charge in [0.15, 0.2) is 0 Å². The molecule has 2 atom stereocenters. The molecule has 0 aromatic carbocycles. The Morgan fingerprint density at radius 3 is 2.75 bits per heavy atom. The lowest BCUT2D eigenvalue weighted by atomic mass is 10.2. The molecule has 4 nitrogen and oxygen atoms in total. The van der Waals surface area contributed by atoms with Crippen LogP contribution in [0.4, 0.5) is 0 Å². The van der Waals surface area contributed by atoms with Gasteiger partial charge in [0.1, 0.15) is 0 Å². The van der Waals surface area contributed by atoms with Gasteiger partial charge in [0.25, 0.3) is 0 Å². The van der Waals surface area contributed by atoms with E-state index < -0.39 is 10.3 Å². The summed E-state index contributed by atoms with van der Waals surface area (Å²) < 4.78 is 28.8. The molecule has 0 aliphatic carbocycles. The number of nitrogens with one attached hydrogen (secondary N) is 1. The molecule has 0 bridgehead atoms. The van der Waals surface area contributed by atoms with Gasteiger partial charge in [-0.15, -0.1) is 0 Å². The molecule has 0 saturated heterocycles. The Bertz CT molecular complexity index is 311. The Morgan fingerprint density at radius 2 is 2.08 bits per heavy atom. The minimum Gasteiger partial charge on any atom is -0.257 e. The van der Waals surface area contributed by atoms with Crippen molar-refractivity contribution in [3.63, 3.8) is 0 Å². The summed E-state index contributed by atoms with van der Waals surface area (Å²) in [6.07, 6.45) is 0. The van der Waals surface area contributed by atoms with Crippen LogP contribution in [0.5, 0.6) is 0 Å². The highest BCUT2D eigenvalue weighted by atomic mass is 32.2. The molecule has 12 heavy (non-hydrogen) atoms. The van der Waals surface area contributed by atoms with Gasteiger partial charge in [0.05, 0.1) is 12.6 Å². The van der Waals surface area contributed by atoms with Crippen LogP contribution >= 0.6 is 0 Å². The van der Waals surface area contributed by atoms with Gasteiger partial charge in [-0.2, -0.15) is 13.1 Å². The Morgan fingerprint density at radius 1 is 1.42 bits per heavy atom. The first-order valence-corrected chi connectivity index (χ1v) is 5.08. The van der Waals surface area contributed by atoms with Crippen molar-refractivity contribution in [2.45, 2.75) is 19.9 Å². The molecule has 1 aliphatic heterocycles. The fourth-order valence-corrected chi connectivity index (χ4v) is 1.72. The molecule has 0 aromatic rings. The molecule has 68 valence electrons. The largest absolute Gasteiger partial charge is 0.336 e. The molecule has 1 aliphatic rings. The summed E-state index contributed by atoms with van der Waals surface area (Å²) in [5.41, 5.74) is 0. The topological polar surface area (TPSA) is 55.4 Å². The van der Waals surface area contributed by atoms with Crippen molar-refractivity contribution in [1.29, 1.82) is 0 Å². The van der Waals surface area contributed by atoms with E-state index in [0.29, 0.717) is 0 Å². The second kappa shape index (κ2) is 3.44. The van der Waals surface area contributed by atoms with Crippen molar-refractivity contribution < 1.29 is 12.6 Å². The van der Waals surface area contributed by atoms with E-state index in [1.54, 1.807) is 6.92 Å². The van der Waals surface area contributed by atoms with Crippen molar-refractivity contribution >= 4 is 10.3 Å². The fourth-order valence-electron chi connectivity index (χ4n) is 0.781. The second-order valence-corrected chi connectivity index (χ2v) is 4.15. The van der Waals surface area contributed by atoms with Crippen molar-refractivity contribution in [2.75, 3.05) is 6.61 Å². The molecule has 1 heterocycles. The molecule has 0 amide bonds. The van der Waals surface area contributed by atoms with Crippen LogP contribution < -0.4 is 4.72 Å². The van der Waals surface area contributed by atoms with Crippen LogP contribution in [0.1, 0.15) is 13.8 Å². The molecular weight excluding hydrogens is 178 g/mol. The Hall–Kier alpha value is -0.570. The highest BCUT2D eigenvalue weighted by Crippen LogP contribution is 2.01. The first-order valence-electron chi connectivity index (χ1n) is 3.67. The van der Waals surface area contributed by atoms with Crippen LogP contribution in [0.15, 0.2) is 0 Å². The predicted molar refractivity (Wildman–Crippen MR) is 44.4 cm³/mol. The highest BCUT2D eigenvalue weighted by molar-refractivity contribution is 7.84. The van der Waals surface area contributed by atoms with Gasteiger partial charge in [-0.3, -0.25) is 4.18 Å². The van der Waals surface area contributed by atoms with E-state index in [-0.39, 0.29) is 18.6 Å². The van der Waals surface area contributed by atoms with Crippen LogP contribution in [-0.2, 0) is 14.5 Å².